The van der Waals surface area contributed by atoms with Gasteiger partial charge in [0.15, 0.2) is 0 Å². The van der Waals surface area contributed by atoms with Gasteiger partial charge >= 0.3 is 0 Å². The lowest BCUT2D eigenvalue weighted by Crippen LogP contribution is -2.32. The van der Waals surface area contributed by atoms with Crippen LogP contribution in [0.2, 0.25) is 5.02 Å². The van der Waals surface area contributed by atoms with Crippen LogP contribution in [0.3, 0.4) is 0 Å². The summed E-state index contributed by atoms with van der Waals surface area (Å²) in [7, 11) is -3.72. The smallest absolute Gasteiger partial charge is 0.243 e. The van der Waals surface area contributed by atoms with E-state index in [0.717, 1.165) is 5.56 Å². The zero-order chi connectivity index (χ0) is 18.9. The summed E-state index contributed by atoms with van der Waals surface area (Å²) in [6.07, 6.45) is 0. The molecule has 0 unspecified atom stereocenters. The number of sulfonamides is 1. The molecule has 1 amide bonds. The fourth-order valence-electron chi connectivity index (χ4n) is 3.14. The van der Waals surface area contributed by atoms with Crippen LogP contribution >= 0.6 is 11.6 Å². The molecule has 1 saturated heterocycles. The first-order valence-electron chi connectivity index (χ1n) is 8.17. The molecule has 6 nitrogen and oxygen atoms in total. The van der Waals surface area contributed by atoms with Gasteiger partial charge in [-0.25, -0.2) is 8.42 Å². The Morgan fingerprint density at radius 1 is 1.19 bits per heavy atom. The number of hydrogen-bond acceptors (Lipinski definition) is 4. The Morgan fingerprint density at radius 3 is 2.50 bits per heavy atom. The number of carbonyl (C=O) groups is 1. The van der Waals surface area contributed by atoms with Gasteiger partial charge in [-0.1, -0.05) is 41.9 Å². The minimum absolute atomic E-state index is 0.0555. The van der Waals surface area contributed by atoms with E-state index in [1.807, 2.05) is 30.3 Å². The molecule has 1 heterocycles. The van der Waals surface area contributed by atoms with Crippen molar-refractivity contribution in [2.45, 2.75) is 23.8 Å². The van der Waals surface area contributed by atoms with Crippen LogP contribution < -0.4 is 11.1 Å². The van der Waals surface area contributed by atoms with Crippen LogP contribution in [0.5, 0.6) is 0 Å². The first kappa shape index (κ1) is 18.8. The summed E-state index contributed by atoms with van der Waals surface area (Å²) in [5, 5.41) is 2.73. The van der Waals surface area contributed by atoms with E-state index in [9.17, 15) is 13.2 Å². The molecule has 2 aromatic carbocycles. The maximum Gasteiger partial charge on any atom is 0.243 e. The molecular formula is C18H20ClN3O3S. The predicted octanol–water partition coefficient (Wildman–Crippen LogP) is 2.41. The molecule has 2 aromatic rings. The summed E-state index contributed by atoms with van der Waals surface area (Å²) in [6, 6.07) is 13.7. The quantitative estimate of drug-likeness (QED) is 0.834. The van der Waals surface area contributed by atoms with Crippen molar-refractivity contribution in [3.8, 4) is 0 Å². The SMILES string of the molecule is CC(=O)Nc1ccc(S(=O)(=O)N2C[C@@H](N)[C@H](c3ccccc3)C2)cc1Cl. The highest BCUT2D eigenvalue weighted by Gasteiger charge is 2.38. The lowest BCUT2D eigenvalue weighted by Gasteiger charge is -2.17. The Bertz CT molecular complexity index is 919. The number of hydrogen-bond donors (Lipinski definition) is 2. The van der Waals surface area contributed by atoms with Crippen LogP contribution in [-0.2, 0) is 14.8 Å². The van der Waals surface area contributed by atoms with Gasteiger partial charge in [0, 0.05) is 32.0 Å². The van der Waals surface area contributed by atoms with Crippen molar-refractivity contribution < 1.29 is 13.2 Å². The van der Waals surface area contributed by atoms with Crippen molar-refractivity contribution in [1.29, 1.82) is 0 Å². The number of nitrogens with one attached hydrogen (secondary N) is 1. The zero-order valence-corrected chi connectivity index (χ0v) is 15.8. The Hall–Kier alpha value is -1.93. The van der Waals surface area contributed by atoms with E-state index in [1.165, 1.54) is 29.4 Å². The first-order chi connectivity index (χ1) is 12.3. The molecule has 1 aliphatic rings. The zero-order valence-electron chi connectivity index (χ0n) is 14.2. The summed E-state index contributed by atoms with van der Waals surface area (Å²) in [6.45, 7) is 1.92. The highest BCUT2D eigenvalue weighted by molar-refractivity contribution is 7.89. The maximum atomic E-state index is 13.0. The van der Waals surface area contributed by atoms with Crippen LogP contribution in [0.15, 0.2) is 53.4 Å². The van der Waals surface area contributed by atoms with E-state index < -0.39 is 10.0 Å². The molecule has 0 radical (unpaired) electrons. The minimum Gasteiger partial charge on any atom is -0.326 e. The molecule has 3 N–H and O–H groups in total. The maximum absolute atomic E-state index is 13.0. The van der Waals surface area contributed by atoms with Crippen LogP contribution in [-0.4, -0.2) is 37.8 Å². The van der Waals surface area contributed by atoms with Crippen molar-refractivity contribution >= 4 is 33.2 Å². The van der Waals surface area contributed by atoms with Crippen molar-refractivity contribution in [2.75, 3.05) is 18.4 Å². The van der Waals surface area contributed by atoms with Crippen LogP contribution in [0.4, 0.5) is 5.69 Å². The number of amides is 1. The lowest BCUT2D eigenvalue weighted by atomic mass is 9.95. The van der Waals surface area contributed by atoms with E-state index in [2.05, 4.69) is 5.32 Å². The van der Waals surface area contributed by atoms with Crippen LogP contribution in [0.25, 0.3) is 0 Å². The fraction of sp³-hybridized carbons (Fsp3) is 0.278. The number of benzene rings is 2. The molecule has 138 valence electrons. The summed E-state index contributed by atoms with van der Waals surface area (Å²) in [5.41, 5.74) is 7.60. The van der Waals surface area contributed by atoms with Crippen LogP contribution in [0.1, 0.15) is 18.4 Å². The second-order valence-electron chi connectivity index (χ2n) is 6.33. The molecule has 0 bridgehead atoms. The molecular weight excluding hydrogens is 374 g/mol. The monoisotopic (exact) mass is 393 g/mol. The third kappa shape index (κ3) is 3.76. The van der Waals surface area contributed by atoms with Gasteiger partial charge < -0.3 is 11.1 Å². The molecule has 0 aliphatic carbocycles. The van der Waals surface area contributed by atoms with Gasteiger partial charge in [-0.15, -0.1) is 0 Å². The standard InChI is InChI=1S/C18H20ClN3O3S/c1-12(23)21-18-8-7-14(9-16(18)19)26(24,25)22-10-15(17(20)11-22)13-5-3-2-4-6-13/h2-9,15,17H,10-11,20H2,1H3,(H,21,23)/t15-,17+/m0/s1. The number of anilines is 1. The number of carbonyl (C=O) groups excluding carboxylic acids is 1. The van der Waals surface area contributed by atoms with Gasteiger partial charge in [0.1, 0.15) is 0 Å². The number of nitrogens with two attached hydrogens (primary N) is 1. The molecule has 1 aliphatic heterocycles. The van der Waals surface area contributed by atoms with E-state index in [0.29, 0.717) is 12.2 Å². The molecule has 0 saturated carbocycles. The van der Waals surface area contributed by atoms with Crippen molar-refractivity contribution in [3.05, 3.63) is 59.1 Å². The third-order valence-electron chi connectivity index (χ3n) is 4.45. The van der Waals surface area contributed by atoms with Crippen molar-refractivity contribution in [2.24, 2.45) is 5.73 Å². The van der Waals surface area contributed by atoms with E-state index >= 15 is 0 Å². The Morgan fingerprint density at radius 2 is 1.88 bits per heavy atom. The first-order valence-corrected chi connectivity index (χ1v) is 9.98. The molecule has 0 aromatic heterocycles. The summed E-state index contributed by atoms with van der Waals surface area (Å²) in [4.78, 5) is 11.2. The molecule has 2 atom stereocenters. The van der Waals surface area contributed by atoms with E-state index in [4.69, 9.17) is 17.3 Å². The average Bonchev–Trinajstić information content (AvgIpc) is 2.99. The highest BCUT2D eigenvalue weighted by atomic mass is 35.5. The topological polar surface area (TPSA) is 92.5 Å². The number of nitrogens with zero attached hydrogens (tertiary/aromatic N) is 1. The summed E-state index contributed by atoms with van der Waals surface area (Å²) >= 11 is 6.12. The highest BCUT2D eigenvalue weighted by Crippen LogP contribution is 2.32. The minimum atomic E-state index is -3.72. The molecule has 0 spiro atoms. The Kier molecular flexibility index (Phi) is 5.34. The molecule has 3 rings (SSSR count). The molecule has 1 fully saturated rings. The Labute approximate surface area is 158 Å². The third-order valence-corrected chi connectivity index (χ3v) is 6.59. The molecule has 8 heteroatoms. The van der Waals surface area contributed by atoms with Gasteiger partial charge in [0.2, 0.25) is 15.9 Å². The largest absolute Gasteiger partial charge is 0.326 e. The summed E-state index contributed by atoms with van der Waals surface area (Å²) in [5.74, 6) is -0.334. The van der Waals surface area contributed by atoms with Gasteiger partial charge in [0.25, 0.3) is 0 Å². The Balaban J connectivity index is 1.85. The van der Waals surface area contributed by atoms with Gasteiger partial charge in [-0.05, 0) is 23.8 Å². The predicted molar refractivity (Wildman–Crippen MR) is 102 cm³/mol. The second-order valence-corrected chi connectivity index (χ2v) is 8.67. The van der Waals surface area contributed by atoms with Crippen LogP contribution in [0, 0.1) is 0 Å². The van der Waals surface area contributed by atoms with Crippen molar-refractivity contribution in [3.63, 3.8) is 0 Å². The fourth-order valence-corrected chi connectivity index (χ4v) is 4.96. The molecule has 26 heavy (non-hydrogen) atoms. The van der Waals surface area contributed by atoms with Gasteiger partial charge in [0.05, 0.1) is 15.6 Å². The van der Waals surface area contributed by atoms with Gasteiger partial charge in [-0.2, -0.15) is 4.31 Å². The van der Waals surface area contributed by atoms with E-state index in [1.54, 1.807) is 0 Å². The average molecular weight is 394 g/mol. The second kappa shape index (κ2) is 7.36. The normalized spacial score (nSPS) is 20.9. The van der Waals surface area contributed by atoms with E-state index in [-0.39, 0.29) is 34.3 Å². The summed E-state index contributed by atoms with van der Waals surface area (Å²) < 4.78 is 27.3. The number of rotatable bonds is 4. The van der Waals surface area contributed by atoms with Gasteiger partial charge in [-0.3, -0.25) is 4.79 Å². The number of halogens is 1. The van der Waals surface area contributed by atoms with Crippen molar-refractivity contribution in [1.82, 2.24) is 4.31 Å². The lowest BCUT2D eigenvalue weighted by molar-refractivity contribution is -0.114.